The minimum absolute atomic E-state index is 0.0564. The van der Waals surface area contributed by atoms with Gasteiger partial charge in [-0.3, -0.25) is 4.79 Å². The maximum atomic E-state index is 12.1. The van der Waals surface area contributed by atoms with E-state index in [1.54, 1.807) is 24.3 Å². The first-order valence-electron chi connectivity index (χ1n) is 8.06. The van der Waals surface area contributed by atoms with Crippen LogP contribution in [-0.2, 0) is 16.0 Å². The van der Waals surface area contributed by atoms with Crippen LogP contribution < -0.4 is 5.63 Å². The molecule has 6 heteroatoms. The highest BCUT2D eigenvalue weighted by molar-refractivity contribution is 6.31. The molecule has 2 atom stereocenters. The Morgan fingerprint density at radius 2 is 2.12 bits per heavy atom. The lowest BCUT2D eigenvalue weighted by Gasteiger charge is -2.25. The van der Waals surface area contributed by atoms with E-state index in [9.17, 15) is 14.9 Å². The number of benzene rings is 1. The minimum atomic E-state index is -0.687. The number of nitrogens with zero attached hydrogens (tertiary/aromatic N) is 1. The van der Waals surface area contributed by atoms with Gasteiger partial charge in [-0.1, -0.05) is 31.0 Å². The summed E-state index contributed by atoms with van der Waals surface area (Å²) in [6.45, 7) is 1.98. The molecule has 0 amide bonds. The zero-order chi connectivity index (χ0) is 18.0. The standard InChI is InChI=1S/C19H16ClNO4/c1-2-3-18-16(22)6-5-12(24-18)9-13-14-8-11(20)4-7-17(14)25-19(23)15(13)10-21/h4-8,12,18H,2-3,9H2,1H3. The van der Waals surface area contributed by atoms with Gasteiger partial charge in [-0.2, -0.15) is 5.26 Å². The van der Waals surface area contributed by atoms with E-state index in [1.165, 1.54) is 6.08 Å². The minimum Gasteiger partial charge on any atom is -0.422 e. The lowest BCUT2D eigenvalue weighted by molar-refractivity contribution is -0.130. The SMILES string of the molecule is CCCC1OC(Cc2c(C#N)c(=O)oc3ccc(Cl)cc23)C=CC1=O. The summed E-state index contributed by atoms with van der Waals surface area (Å²) in [4.78, 5) is 24.0. The predicted molar refractivity (Wildman–Crippen MR) is 93.6 cm³/mol. The molecule has 0 bridgehead atoms. The molecule has 1 aromatic heterocycles. The number of hydrogen-bond acceptors (Lipinski definition) is 5. The van der Waals surface area contributed by atoms with E-state index in [-0.39, 0.29) is 17.8 Å². The number of halogens is 1. The molecule has 0 aliphatic carbocycles. The number of ether oxygens (including phenoxy) is 1. The number of carbonyl (C=O) groups excluding carboxylic acids is 1. The molecule has 3 rings (SSSR count). The van der Waals surface area contributed by atoms with Crippen LogP contribution in [0, 0.1) is 11.3 Å². The van der Waals surface area contributed by atoms with Crippen LogP contribution >= 0.6 is 11.6 Å². The lowest BCUT2D eigenvalue weighted by atomic mass is 9.97. The fourth-order valence-corrected chi connectivity index (χ4v) is 3.16. The molecule has 2 heterocycles. The number of fused-ring (bicyclic) bond motifs is 1. The quantitative estimate of drug-likeness (QED) is 0.781. The molecule has 25 heavy (non-hydrogen) atoms. The van der Waals surface area contributed by atoms with E-state index < -0.39 is 17.8 Å². The molecule has 0 spiro atoms. The molecule has 0 saturated carbocycles. The molecular weight excluding hydrogens is 342 g/mol. The summed E-state index contributed by atoms with van der Waals surface area (Å²) in [5, 5.41) is 10.5. The van der Waals surface area contributed by atoms with Crippen molar-refractivity contribution in [2.45, 2.75) is 38.4 Å². The third kappa shape index (κ3) is 3.51. The van der Waals surface area contributed by atoms with Crippen LogP contribution in [0.3, 0.4) is 0 Å². The van der Waals surface area contributed by atoms with Crippen molar-refractivity contribution in [2.75, 3.05) is 0 Å². The molecule has 5 nitrogen and oxygen atoms in total. The van der Waals surface area contributed by atoms with Gasteiger partial charge in [0, 0.05) is 16.8 Å². The third-order valence-electron chi connectivity index (χ3n) is 4.17. The fourth-order valence-electron chi connectivity index (χ4n) is 2.98. The number of ketones is 1. The Labute approximate surface area is 149 Å². The normalized spacial score (nSPS) is 20.0. The Morgan fingerprint density at radius 3 is 2.84 bits per heavy atom. The van der Waals surface area contributed by atoms with Gasteiger partial charge in [-0.05, 0) is 36.3 Å². The summed E-state index contributed by atoms with van der Waals surface area (Å²) in [7, 11) is 0. The Bertz CT molecular complexity index is 954. The molecule has 1 aliphatic heterocycles. The third-order valence-corrected chi connectivity index (χ3v) is 4.41. The van der Waals surface area contributed by atoms with Crippen molar-refractivity contribution >= 4 is 28.4 Å². The number of carbonyl (C=O) groups is 1. The number of rotatable bonds is 4. The summed E-state index contributed by atoms with van der Waals surface area (Å²) >= 11 is 6.06. The Morgan fingerprint density at radius 1 is 1.32 bits per heavy atom. The van der Waals surface area contributed by atoms with E-state index in [0.29, 0.717) is 28.0 Å². The molecule has 2 unspecified atom stereocenters. The van der Waals surface area contributed by atoms with Gasteiger partial charge in [-0.25, -0.2) is 4.79 Å². The van der Waals surface area contributed by atoms with Gasteiger partial charge in [0.15, 0.2) is 5.78 Å². The molecule has 128 valence electrons. The smallest absolute Gasteiger partial charge is 0.354 e. The predicted octanol–water partition coefficient (Wildman–Crippen LogP) is 3.55. The van der Waals surface area contributed by atoms with Crippen molar-refractivity contribution in [1.29, 1.82) is 5.26 Å². The van der Waals surface area contributed by atoms with Crippen LogP contribution in [-0.4, -0.2) is 18.0 Å². The zero-order valence-corrected chi connectivity index (χ0v) is 14.4. The average molecular weight is 358 g/mol. The van der Waals surface area contributed by atoms with Crippen LogP contribution in [0.15, 0.2) is 39.6 Å². The first-order chi connectivity index (χ1) is 12.0. The maximum absolute atomic E-state index is 12.1. The largest absolute Gasteiger partial charge is 0.422 e. The van der Waals surface area contributed by atoms with Crippen molar-refractivity contribution in [2.24, 2.45) is 0 Å². The van der Waals surface area contributed by atoms with Gasteiger partial charge in [0.2, 0.25) is 0 Å². The van der Waals surface area contributed by atoms with Gasteiger partial charge in [-0.15, -0.1) is 0 Å². The summed E-state index contributed by atoms with van der Waals surface area (Å²) in [5.74, 6) is -0.0564. The fraction of sp³-hybridized carbons (Fsp3) is 0.316. The van der Waals surface area contributed by atoms with E-state index in [1.807, 2.05) is 13.0 Å². The average Bonchev–Trinajstić information content (AvgIpc) is 2.59. The number of nitriles is 1. The van der Waals surface area contributed by atoms with Crippen LogP contribution in [0.1, 0.15) is 30.9 Å². The van der Waals surface area contributed by atoms with E-state index in [0.717, 1.165) is 6.42 Å². The molecule has 0 N–H and O–H groups in total. The highest BCUT2D eigenvalue weighted by Gasteiger charge is 2.26. The maximum Gasteiger partial charge on any atom is 0.354 e. The van der Waals surface area contributed by atoms with Crippen molar-refractivity contribution in [3.63, 3.8) is 0 Å². The van der Waals surface area contributed by atoms with Crippen molar-refractivity contribution in [3.05, 3.63) is 56.9 Å². The van der Waals surface area contributed by atoms with E-state index in [2.05, 4.69) is 0 Å². The van der Waals surface area contributed by atoms with Gasteiger partial charge in [0.05, 0.1) is 6.10 Å². The molecule has 1 aromatic carbocycles. The summed E-state index contributed by atoms with van der Waals surface area (Å²) in [6, 6.07) is 6.80. The molecule has 0 radical (unpaired) electrons. The Kier molecular flexibility index (Phi) is 5.03. The summed E-state index contributed by atoms with van der Waals surface area (Å²) in [5.41, 5.74) is 0.142. The van der Waals surface area contributed by atoms with Crippen molar-refractivity contribution in [1.82, 2.24) is 0 Å². The second-order valence-electron chi connectivity index (χ2n) is 5.91. The van der Waals surface area contributed by atoms with Crippen LogP contribution in [0.2, 0.25) is 5.02 Å². The van der Waals surface area contributed by atoms with E-state index >= 15 is 0 Å². The molecule has 0 fully saturated rings. The van der Waals surface area contributed by atoms with Gasteiger partial charge >= 0.3 is 5.63 Å². The van der Waals surface area contributed by atoms with Crippen molar-refractivity contribution < 1.29 is 13.9 Å². The molecule has 1 aliphatic rings. The second kappa shape index (κ2) is 7.22. The lowest BCUT2D eigenvalue weighted by Crippen LogP contribution is -2.33. The van der Waals surface area contributed by atoms with E-state index in [4.69, 9.17) is 20.8 Å². The van der Waals surface area contributed by atoms with Crippen LogP contribution in [0.5, 0.6) is 0 Å². The summed E-state index contributed by atoms with van der Waals surface area (Å²) < 4.78 is 11.0. The van der Waals surface area contributed by atoms with Gasteiger partial charge < -0.3 is 9.15 Å². The zero-order valence-electron chi connectivity index (χ0n) is 13.6. The topological polar surface area (TPSA) is 80.3 Å². The molecule has 0 saturated heterocycles. The molecular formula is C19H16ClNO4. The van der Waals surface area contributed by atoms with Crippen molar-refractivity contribution in [3.8, 4) is 6.07 Å². The monoisotopic (exact) mass is 357 g/mol. The number of hydrogen-bond donors (Lipinski definition) is 0. The van der Waals surface area contributed by atoms with Gasteiger partial charge in [0.25, 0.3) is 0 Å². The van der Waals surface area contributed by atoms with Crippen LogP contribution in [0.4, 0.5) is 0 Å². The van der Waals surface area contributed by atoms with Crippen LogP contribution in [0.25, 0.3) is 11.0 Å². The highest BCUT2D eigenvalue weighted by atomic mass is 35.5. The highest BCUT2D eigenvalue weighted by Crippen LogP contribution is 2.27. The first kappa shape index (κ1) is 17.4. The molecule has 2 aromatic rings. The Hall–Kier alpha value is -2.42. The first-order valence-corrected chi connectivity index (χ1v) is 8.44. The Balaban J connectivity index is 2.05. The summed E-state index contributed by atoms with van der Waals surface area (Å²) in [6.07, 6.45) is 4.05. The van der Waals surface area contributed by atoms with Gasteiger partial charge in [0.1, 0.15) is 23.3 Å². The second-order valence-corrected chi connectivity index (χ2v) is 6.35.